The molecule has 0 spiro atoms. The van der Waals surface area contributed by atoms with Gasteiger partial charge in [0.25, 0.3) is 0 Å². The highest BCUT2D eigenvalue weighted by atomic mass is 16.7. The van der Waals surface area contributed by atoms with E-state index in [9.17, 15) is 40.5 Å². The van der Waals surface area contributed by atoms with Gasteiger partial charge in [-0.2, -0.15) is 0 Å². The highest BCUT2D eigenvalue weighted by Crippen LogP contribution is 2.36. The summed E-state index contributed by atoms with van der Waals surface area (Å²) in [6.07, 6.45) is 1.44. The second kappa shape index (κ2) is 8.75. The average molecular weight is 380 g/mol. The Morgan fingerprint density at radius 1 is 0.846 bits per heavy atom. The van der Waals surface area contributed by atoms with Gasteiger partial charge >= 0.3 is 11.3 Å². The molecular weight excluding hydrogens is 360 g/mol. The van der Waals surface area contributed by atoms with E-state index in [1.165, 1.54) is 6.92 Å². The lowest BCUT2D eigenvalue weighted by molar-refractivity contribution is -0.809. The summed E-state index contributed by atoms with van der Waals surface area (Å²) >= 11 is 0. The molecule has 26 heavy (non-hydrogen) atoms. The lowest BCUT2D eigenvalue weighted by Gasteiger charge is -2.22. The zero-order chi connectivity index (χ0) is 20.0. The first-order chi connectivity index (χ1) is 12.1. The molecule has 0 amide bonds. The second-order valence-corrected chi connectivity index (χ2v) is 6.04. The minimum absolute atomic E-state index is 0.313. The van der Waals surface area contributed by atoms with Crippen molar-refractivity contribution in [2.75, 3.05) is 20.0 Å². The van der Waals surface area contributed by atoms with Crippen molar-refractivity contribution in [1.29, 1.82) is 0 Å². The zero-order valence-electron chi connectivity index (χ0n) is 14.1. The first-order valence-electron chi connectivity index (χ1n) is 7.88. The summed E-state index contributed by atoms with van der Waals surface area (Å²) in [7, 11) is 0. The van der Waals surface area contributed by atoms with E-state index in [0.29, 0.717) is 25.7 Å². The quantitative estimate of drug-likeness (QED) is 0.205. The fourth-order valence-corrected chi connectivity index (χ4v) is 2.96. The standard InChI is InChI=1S/C12H20N4O10/c1-2-11(13(17)18,14(19)20)7-25-9-26-8-12(15(21)22,16(23)24)10-5-3-4-6-10/h10H,2-9H2,1H3. The van der Waals surface area contributed by atoms with Crippen molar-refractivity contribution in [2.24, 2.45) is 5.92 Å². The summed E-state index contributed by atoms with van der Waals surface area (Å²) in [5, 5.41) is 44.6. The molecule has 148 valence electrons. The smallest absolute Gasteiger partial charge is 0.340 e. The molecule has 0 aromatic carbocycles. The van der Waals surface area contributed by atoms with Crippen molar-refractivity contribution in [1.82, 2.24) is 0 Å². The minimum Gasteiger partial charge on any atom is -0.340 e. The van der Waals surface area contributed by atoms with Crippen LogP contribution in [0.4, 0.5) is 0 Å². The predicted molar refractivity (Wildman–Crippen MR) is 82.5 cm³/mol. The van der Waals surface area contributed by atoms with Crippen LogP contribution in [0.15, 0.2) is 0 Å². The van der Waals surface area contributed by atoms with Crippen LogP contribution in [-0.2, 0) is 9.47 Å². The van der Waals surface area contributed by atoms with Gasteiger partial charge in [0.1, 0.15) is 32.4 Å². The summed E-state index contributed by atoms with van der Waals surface area (Å²) in [5.41, 5.74) is -5.11. The number of hydrogen-bond acceptors (Lipinski definition) is 10. The Bertz CT molecular complexity index is 534. The van der Waals surface area contributed by atoms with Crippen LogP contribution in [0, 0.1) is 46.4 Å². The average Bonchev–Trinajstić information content (AvgIpc) is 3.07. The third-order valence-corrected chi connectivity index (χ3v) is 4.70. The van der Waals surface area contributed by atoms with Crippen LogP contribution in [0.2, 0.25) is 0 Å². The summed E-state index contributed by atoms with van der Waals surface area (Å²) in [5.74, 6) is -0.806. The molecule has 14 nitrogen and oxygen atoms in total. The molecule has 14 heteroatoms. The monoisotopic (exact) mass is 380 g/mol. The second-order valence-electron chi connectivity index (χ2n) is 6.04. The van der Waals surface area contributed by atoms with Gasteiger partial charge in [0.05, 0.1) is 6.42 Å². The van der Waals surface area contributed by atoms with Gasteiger partial charge in [0.15, 0.2) is 13.2 Å². The van der Waals surface area contributed by atoms with Crippen LogP contribution in [-0.4, -0.2) is 51.0 Å². The van der Waals surface area contributed by atoms with Crippen molar-refractivity contribution in [3.63, 3.8) is 0 Å². The van der Waals surface area contributed by atoms with Gasteiger partial charge in [-0.15, -0.1) is 0 Å². The highest BCUT2D eigenvalue weighted by molar-refractivity contribution is 4.82. The van der Waals surface area contributed by atoms with Gasteiger partial charge in [-0.3, -0.25) is 40.5 Å². The number of rotatable bonds is 12. The summed E-state index contributed by atoms with van der Waals surface area (Å²) in [6.45, 7) is -1.37. The molecule has 1 saturated carbocycles. The molecule has 0 radical (unpaired) electrons. The molecule has 0 aromatic rings. The summed E-state index contributed by atoms with van der Waals surface area (Å²) in [4.78, 5) is 40.4. The van der Waals surface area contributed by atoms with Gasteiger partial charge in [0, 0.05) is 0 Å². The molecule has 1 aliphatic carbocycles. The van der Waals surface area contributed by atoms with Crippen LogP contribution in [0.25, 0.3) is 0 Å². The molecular formula is C12H20N4O10. The third-order valence-electron chi connectivity index (χ3n) is 4.70. The molecule has 0 N–H and O–H groups in total. The van der Waals surface area contributed by atoms with E-state index in [0.717, 1.165) is 0 Å². The van der Waals surface area contributed by atoms with E-state index < -0.39 is 63.4 Å². The Morgan fingerprint density at radius 3 is 1.69 bits per heavy atom. The van der Waals surface area contributed by atoms with Crippen molar-refractivity contribution in [3.8, 4) is 0 Å². The lowest BCUT2D eigenvalue weighted by atomic mass is 9.92. The Kier molecular flexibility index (Phi) is 7.26. The van der Waals surface area contributed by atoms with Crippen molar-refractivity contribution >= 4 is 0 Å². The minimum atomic E-state index is -2.57. The molecule has 0 aromatic heterocycles. The molecule has 1 aliphatic rings. The van der Waals surface area contributed by atoms with Crippen LogP contribution < -0.4 is 0 Å². The Hall–Kier alpha value is -2.48. The number of nitro groups is 4. The van der Waals surface area contributed by atoms with Gasteiger partial charge in [-0.05, 0) is 12.8 Å². The van der Waals surface area contributed by atoms with E-state index in [1.807, 2.05) is 0 Å². The first kappa shape index (κ1) is 21.6. The van der Waals surface area contributed by atoms with E-state index >= 15 is 0 Å². The molecule has 1 fully saturated rings. The normalized spacial score (nSPS) is 15.7. The van der Waals surface area contributed by atoms with Crippen molar-refractivity contribution in [3.05, 3.63) is 40.5 Å². The van der Waals surface area contributed by atoms with Gasteiger partial charge in [-0.25, -0.2) is 0 Å². The van der Waals surface area contributed by atoms with E-state index in [1.54, 1.807) is 0 Å². The van der Waals surface area contributed by atoms with Crippen LogP contribution in [0.5, 0.6) is 0 Å². The van der Waals surface area contributed by atoms with Crippen molar-refractivity contribution in [2.45, 2.75) is 50.4 Å². The third kappa shape index (κ3) is 4.01. The van der Waals surface area contributed by atoms with Crippen LogP contribution in [0.1, 0.15) is 39.0 Å². The Balaban J connectivity index is 2.71. The van der Waals surface area contributed by atoms with E-state index in [2.05, 4.69) is 0 Å². The largest absolute Gasteiger partial charge is 0.483 e. The van der Waals surface area contributed by atoms with Gasteiger partial charge < -0.3 is 9.47 Å². The lowest BCUT2D eigenvalue weighted by Crippen LogP contribution is -2.55. The molecule has 1 rings (SSSR count). The predicted octanol–water partition coefficient (Wildman–Crippen LogP) is 1.08. The number of hydrogen-bond donors (Lipinski definition) is 0. The van der Waals surface area contributed by atoms with E-state index in [4.69, 9.17) is 9.47 Å². The SMILES string of the molecule is CCC(COCOCC(C1CCCC1)([N+](=O)[O-])[N+](=O)[O-])([N+](=O)[O-])[N+](=O)[O-]. The van der Waals surface area contributed by atoms with Gasteiger partial charge in [-0.1, -0.05) is 19.8 Å². The van der Waals surface area contributed by atoms with Crippen LogP contribution >= 0.6 is 0 Å². The maximum atomic E-state index is 11.4. The number of ether oxygens (including phenoxy) is 2. The fraction of sp³-hybridized carbons (Fsp3) is 1.00. The zero-order valence-corrected chi connectivity index (χ0v) is 14.1. The molecule has 0 heterocycles. The highest BCUT2D eigenvalue weighted by Gasteiger charge is 2.63. The summed E-state index contributed by atoms with van der Waals surface area (Å²) < 4.78 is 9.66. The molecule has 0 unspecified atom stereocenters. The molecule has 0 atom stereocenters. The maximum absolute atomic E-state index is 11.4. The molecule has 0 aliphatic heterocycles. The Labute approximate surface area is 147 Å². The molecule has 0 bridgehead atoms. The van der Waals surface area contributed by atoms with Crippen molar-refractivity contribution < 1.29 is 29.2 Å². The number of nitrogens with zero attached hydrogens (tertiary/aromatic N) is 4. The van der Waals surface area contributed by atoms with Gasteiger partial charge in [0.2, 0.25) is 0 Å². The first-order valence-corrected chi connectivity index (χ1v) is 7.88. The summed E-state index contributed by atoms with van der Waals surface area (Å²) in [6, 6.07) is 0. The van der Waals surface area contributed by atoms with Crippen LogP contribution in [0.3, 0.4) is 0 Å². The molecule has 0 saturated heterocycles. The maximum Gasteiger partial charge on any atom is 0.483 e. The Morgan fingerprint density at radius 2 is 1.31 bits per heavy atom. The fourth-order valence-electron chi connectivity index (χ4n) is 2.96. The van der Waals surface area contributed by atoms with E-state index in [-0.39, 0.29) is 0 Å². The topological polar surface area (TPSA) is 191 Å².